The van der Waals surface area contributed by atoms with Gasteiger partial charge in [-0.15, -0.1) is 11.8 Å². The Labute approximate surface area is 400 Å². The highest BCUT2D eigenvalue weighted by molar-refractivity contribution is 7.99. The van der Waals surface area contributed by atoms with Crippen molar-refractivity contribution in [2.45, 2.75) is 31.0 Å². The van der Waals surface area contributed by atoms with Crippen LogP contribution in [-0.2, 0) is 9.47 Å². The molecule has 8 aromatic rings. The molecular formula is C44H49Cl3N14O2S2. The highest BCUT2D eigenvalue weighted by atomic mass is 35.5. The first-order valence-corrected chi connectivity index (χ1v) is 24.0. The number of rotatable bonds is 12. The van der Waals surface area contributed by atoms with Gasteiger partial charge < -0.3 is 30.1 Å². The van der Waals surface area contributed by atoms with Gasteiger partial charge in [0, 0.05) is 61.5 Å². The highest BCUT2D eigenvalue weighted by Crippen LogP contribution is 2.35. The number of benzene rings is 2. The molecule has 8 heterocycles. The lowest BCUT2D eigenvalue weighted by Crippen LogP contribution is -2.37. The number of anilines is 2. The zero-order valence-corrected chi connectivity index (χ0v) is 39.8. The number of pyridine rings is 2. The Morgan fingerprint density at radius 3 is 1.74 bits per heavy atom. The number of aromatic amines is 2. The summed E-state index contributed by atoms with van der Waals surface area (Å²) in [5, 5.41) is 13.2. The number of morpholine rings is 2. The van der Waals surface area contributed by atoms with E-state index in [0.717, 1.165) is 131 Å². The summed E-state index contributed by atoms with van der Waals surface area (Å²) in [6.07, 6.45) is 6.19. The fourth-order valence-electron chi connectivity index (χ4n) is 7.41. The predicted octanol–water partition coefficient (Wildman–Crippen LogP) is 8.78. The van der Waals surface area contributed by atoms with Crippen molar-refractivity contribution in [2.75, 3.05) is 87.8 Å². The molecule has 0 radical (unpaired) electrons. The molecule has 65 heavy (non-hydrogen) atoms. The van der Waals surface area contributed by atoms with Gasteiger partial charge in [-0.05, 0) is 48.9 Å². The highest BCUT2D eigenvalue weighted by Gasteiger charge is 2.19. The Balaban J connectivity index is 0.000000153. The van der Waals surface area contributed by atoms with E-state index in [4.69, 9.17) is 49.3 Å². The van der Waals surface area contributed by atoms with Crippen molar-refractivity contribution in [3.05, 3.63) is 100 Å². The van der Waals surface area contributed by atoms with Gasteiger partial charge in [-0.25, -0.2) is 39.9 Å². The van der Waals surface area contributed by atoms with Crippen LogP contribution in [0.4, 0.5) is 11.6 Å². The number of hydrogen-bond acceptors (Lipinski definition) is 16. The number of thiol groups is 1. The molecule has 0 bridgehead atoms. The molecule has 10 rings (SSSR count). The van der Waals surface area contributed by atoms with Gasteiger partial charge in [-0.1, -0.05) is 59.1 Å². The van der Waals surface area contributed by atoms with Crippen LogP contribution in [0, 0.1) is 0 Å². The normalized spacial score (nSPS) is 15.6. The molecule has 0 amide bonds. The van der Waals surface area contributed by atoms with Crippen molar-refractivity contribution >= 4 is 115 Å². The zero-order valence-electron chi connectivity index (χ0n) is 35.8. The monoisotopic (exact) mass is 974 g/mol. The molecule has 0 aliphatic carbocycles. The number of ether oxygens (including phenoxy) is 2. The maximum Gasteiger partial charge on any atom is 0.182 e. The van der Waals surface area contributed by atoms with Crippen molar-refractivity contribution in [3.63, 3.8) is 0 Å². The van der Waals surface area contributed by atoms with Crippen molar-refractivity contribution in [2.24, 2.45) is 0 Å². The molecule has 2 saturated heterocycles. The summed E-state index contributed by atoms with van der Waals surface area (Å²) in [6, 6.07) is 15.5. The van der Waals surface area contributed by atoms with Gasteiger partial charge in [-0.2, -0.15) is 12.6 Å². The average molecular weight is 976 g/mol. The third-order valence-corrected chi connectivity index (χ3v) is 12.9. The van der Waals surface area contributed by atoms with E-state index in [-0.39, 0.29) is 12.1 Å². The van der Waals surface area contributed by atoms with Crippen LogP contribution in [0.3, 0.4) is 0 Å². The van der Waals surface area contributed by atoms with E-state index in [0.29, 0.717) is 33.1 Å². The van der Waals surface area contributed by atoms with Gasteiger partial charge in [0.2, 0.25) is 0 Å². The van der Waals surface area contributed by atoms with Crippen LogP contribution in [0.15, 0.2) is 78.9 Å². The Morgan fingerprint density at radius 2 is 1.18 bits per heavy atom. The summed E-state index contributed by atoms with van der Waals surface area (Å²) in [5.74, 6) is 3.27. The second kappa shape index (κ2) is 22.7. The third kappa shape index (κ3) is 11.9. The summed E-state index contributed by atoms with van der Waals surface area (Å²) in [5.41, 5.74) is 4.49. The molecule has 2 atom stereocenters. The number of imidazole rings is 2. The smallest absolute Gasteiger partial charge is 0.182 e. The molecule has 6 aromatic heterocycles. The van der Waals surface area contributed by atoms with Gasteiger partial charge in [0.05, 0.1) is 72.6 Å². The second-order valence-corrected chi connectivity index (χ2v) is 17.9. The molecular weight excluding hydrogens is 927 g/mol. The standard InChI is InChI=1S/C22H24ClN7OS.C16H12Cl2N6.C6H13NOS/c1-14(28-21-19-20(25-12-24-19)26-13-27-21)17-11-15-3-2-4-16(23)18(15)22(29-17)32-10-7-30-5-8-31-9-6-30;1-8(23-16-13-15(20-6-19-13)21-7-22-16)11-5-9-3-2-4-10(17)12(9)14(18)24-11;9-6-3-7-1-4-8-5-2-7/h2-4,11-14H,5-10H2,1H3,(H2,24,25,26,27,28);2-8H,1H3,(H2,19,20,21,22,23);9H,1-6H2/t14-;8-;/m00./s1. The quantitative estimate of drug-likeness (QED) is 0.0445. The van der Waals surface area contributed by atoms with Gasteiger partial charge in [-0.3, -0.25) is 9.80 Å². The second-order valence-electron chi connectivity index (χ2n) is 15.2. The van der Waals surface area contributed by atoms with E-state index in [9.17, 15) is 0 Å². The molecule has 0 unspecified atom stereocenters. The molecule has 16 nitrogen and oxygen atoms in total. The molecule has 2 aliphatic heterocycles. The summed E-state index contributed by atoms with van der Waals surface area (Å²) < 4.78 is 10.6. The van der Waals surface area contributed by atoms with Crippen LogP contribution in [0.1, 0.15) is 37.3 Å². The van der Waals surface area contributed by atoms with Crippen LogP contribution < -0.4 is 10.6 Å². The molecule has 2 aromatic carbocycles. The lowest BCUT2D eigenvalue weighted by molar-refractivity contribution is 0.0409. The van der Waals surface area contributed by atoms with E-state index in [1.807, 2.05) is 37.3 Å². The summed E-state index contributed by atoms with van der Waals surface area (Å²) in [4.78, 5) is 45.7. The Bertz CT molecular complexity index is 2820. The number of aromatic nitrogens is 10. The van der Waals surface area contributed by atoms with Crippen LogP contribution in [0.5, 0.6) is 0 Å². The number of hydrogen-bond donors (Lipinski definition) is 5. The van der Waals surface area contributed by atoms with Crippen molar-refractivity contribution in [1.29, 1.82) is 0 Å². The summed E-state index contributed by atoms with van der Waals surface area (Å²) in [7, 11) is 0. The van der Waals surface area contributed by atoms with Gasteiger partial charge in [0.1, 0.15) is 33.9 Å². The lowest BCUT2D eigenvalue weighted by atomic mass is 10.1. The number of thioether (sulfide) groups is 1. The molecule has 21 heteroatoms. The van der Waals surface area contributed by atoms with Crippen LogP contribution in [0.2, 0.25) is 15.2 Å². The molecule has 340 valence electrons. The predicted molar refractivity (Wildman–Crippen MR) is 265 cm³/mol. The van der Waals surface area contributed by atoms with Crippen molar-refractivity contribution in [3.8, 4) is 0 Å². The number of halogens is 3. The minimum atomic E-state index is -0.118. The van der Waals surface area contributed by atoms with E-state index in [1.165, 1.54) is 12.7 Å². The Hall–Kier alpha value is -4.63. The van der Waals surface area contributed by atoms with E-state index in [1.54, 1.807) is 30.5 Å². The van der Waals surface area contributed by atoms with Gasteiger partial charge in [0.25, 0.3) is 0 Å². The topological polar surface area (TPSA) is 184 Å². The first kappa shape index (κ1) is 46.9. The number of nitrogens with one attached hydrogen (secondary N) is 4. The van der Waals surface area contributed by atoms with Gasteiger partial charge >= 0.3 is 0 Å². The third-order valence-electron chi connectivity index (χ3n) is 10.9. The first-order valence-electron chi connectivity index (χ1n) is 21.2. The van der Waals surface area contributed by atoms with Crippen molar-refractivity contribution in [1.82, 2.24) is 59.6 Å². The number of fused-ring (bicyclic) bond motifs is 4. The largest absolute Gasteiger partial charge is 0.379 e. The zero-order chi connectivity index (χ0) is 45.1. The van der Waals surface area contributed by atoms with E-state index >= 15 is 0 Å². The van der Waals surface area contributed by atoms with Gasteiger partial charge in [0.15, 0.2) is 22.9 Å². The van der Waals surface area contributed by atoms with Crippen molar-refractivity contribution < 1.29 is 9.47 Å². The summed E-state index contributed by atoms with van der Waals surface area (Å²) >= 11 is 25.0. The molecule has 4 N–H and O–H groups in total. The minimum Gasteiger partial charge on any atom is -0.379 e. The molecule has 0 spiro atoms. The van der Waals surface area contributed by atoms with Crippen LogP contribution in [0.25, 0.3) is 43.9 Å². The average Bonchev–Trinajstić information content (AvgIpc) is 4.02. The number of H-pyrrole nitrogens is 2. The Kier molecular flexibility index (Phi) is 16.4. The Morgan fingerprint density at radius 1 is 0.677 bits per heavy atom. The van der Waals surface area contributed by atoms with Crippen LogP contribution in [-0.4, -0.2) is 137 Å². The maximum atomic E-state index is 6.58. The number of nitrogens with zero attached hydrogens (tertiary/aromatic N) is 10. The molecule has 0 saturated carbocycles. The lowest BCUT2D eigenvalue weighted by Gasteiger charge is -2.26. The van der Waals surface area contributed by atoms with E-state index < -0.39 is 0 Å². The fourth-order valence-corrected chi connectivity index (χ4v) is 9.73. The SMILES string of the molecule is C[C@H](Nc1ncnc2nc[nH]c12)c1cc2cccc(Cl)c2c(Cl)n1.C[C@H](Nc1ncnc2nc[nH]c12)c1cc2cccc(Cl)c2c(SCCN2CCOCC2)n1.SCCN1CCOCC1. The fraction of sp³-hybridized carbons (Fsp3) is 0.364. The molecule has 2 aliphatic rings. The molecule has 2 fully saturated rings. The minimum absolute atomic E-state index is 0.0709. The van der Waals surface area contributed by atoms with E-state index in [2.05, 4.69) is 97.0 Å². The first-order chi connectivity index (χ1) is 31.7. The maximum absolute atomic E-state index is 6.58. The van der Waals surface area contributed by atoms with Crippen LogP contribution >= 0.6 is 59.2 Å². The summed E-state index contributed by atoms with van der Waals surface area (Å²) in [6.45, 7) is 13.7.